The number of rotatable bonds is 1. The van der Waals surface area contributed by atoms with Crippen molar-refractivity contribution in [3.63, 3.8) is 0 Å². The van der Waals surface area contributed by atoms with Crippen molar-refractivity contribution in [2.24, 2.45) is 5.92 Å². The second-order valence-electron chi connectivity index (χ2n) is 4.15. The average Bonchev–Trinajstić information content (AvgIpc) is 2.19. The number of hydrogen-bond donors (Lipinski definition) is 1. The Labute approximate surface area is 79.4 Å². The second-order valence-corrected chi connectivity index (χ2v) is 4.15. The highest BCUT2D eigenvalue weighted by Gasteiger charge is 2.25. The van der Waals surface area contributed by atoms with Gasteiger partial charge in [-0.05, 0) is 31.3 Å². The first-order valence-electron chi connectivity index (χ1n) is 5.33. The number of amides is 1. The monoisotopic (exact) mass is 179 g/mol. The summed E-state index contributed by atoms with van der Waals surface area (Å²) in [5, 5.41) is 3.06. The molecule has 1 saturated carbocycles. The molecule has 1 heterocycles. The molecule has 0 bridgehead atoms. The first-order valence-corrected chi connectivity index (χ1v) is 5.33. The van der Waals surface area contributed by atoms with Gasteiger partial charge < -0.3 is 5.32 Å². The van der Waals surface area contributed by atoms with Gasteiger partial charge in [0.1, 0.15) is 0 Å². The summed E-state index contributed by atoms with van der Waals surface area (Å²) in [6, 6.07) is 0.429. The van der Waals surface area contributed by atoms with Crippen molar-refractivity contribution in [2.45, 2.75) is 44.6 Å². The van der Waals surface area contributed by atoms with Crippen LogP contribution in [0.3, 0.4) is 0 Å². The van der Waals surface area contributed by atoms with E-state index in [4.69, 9.17) is 0 Å². The minimum atomic E-state index is 0.0989. The van der Waals surface area contributed by atoms with Gasteiger partial charge >= 0.3 is 0 Å². The van der Waals surface area contributed by atoms with Crippen molar-refractivity contribution in [1.82, 2.24) is 5.32 Å². The van der Waals surface area contributed by atoms with E-state index in [0.717, 1.165) is 12.3 Å². The van der Waals surface area contributed by atoms with E-state index in [0.29, 0.717) is 6.04 Å². The molecule has 0 aromatic heterocycles. The lowest BCUT2D eigenvalue weighted by atomic mass is 9.82. The Kier molecular flexibility index (Phi) is 2.67. The van der Waals surface area contributed by atoms with Crippen LogP contribution in [-0.4, -0.2) is 11.9 Å². The molecule has 1 unspecified atom stereocenters. The van der Waals surface area contributed by atoms with Crippen molar-refractivity contribution in [3.8, 4) is 0 Å². The summed E-state index contributed by atoms with van der Waals surface area (Å²) in [4.78, 5) is 11.1. The van der Waals surface area contributed by atoms with Crippen LogP contribution in [0, 0.1) is 5.92 Å². The van der Waals surface area contributed by atoms with Crippen molar-refractivity contribution in [3.05, 3.63) is 12.2 Å². The standard InChI is InChI=1S/C11H17NO/c13-11-8-4-7-10(12-11)9-5-2-1-3-6-9/h4,8-10H,1-3,5-7H2,(H,12,13). The van der Waals surface area contributed by atoms with E-state index < -0.39 is 0 Å². The molecule has 1 fully saturated rings. The molecule has 1 aliphatic carbocycles. The lowest BCUT2D eigenvalue weighted by molar-refractivity contribution is -0.118. The largest absolute Gasteiger partial charge is 0.349 e. The lowest BCUT2D eigenvalue weighted by Gasteiger charge is -2.31. The predicted octanol–water partition coefficient (Wildman–Crippen LogP) is 2.01. The molecule has 0 aromatic rings. The molecular weight excluding hydrogens is 162 g/mol. The van der Waals surface area contributed by atoms with E-state index in [1.165, 1.54) is 32.1 Å². The zero-order valence-electron chi connectivity index (χ0n) is 7.96. The molecule has 1 atom stereocenters. The van der Waals surface area contributed by atoms with Crippen LogP contribution in [0.4, 0.5) is 0 Å². The summed E-state index contributed by atoms with van der Waals surface area (Å²) >= 11 is 0. The molecule has 2 heteroatoms. The van der Waals surface area contributed by atoms with Gasteiger partial charge in [-0.15, -0.1) is 0 Å². The fourth-order valence-corrected chi connectivity index (χ4v) is 2.46. The van der Waals surface area contributed by atoms with Gasteiger partial charge in [0, 0.05) is 6.04 Å². The summed E-state index contributed by atoms with van der Waals surface area (Å²) in [6.07, 6.45) is 11.4. The maximum absolute atomic E-state index is 11.1. The zero-order valence-corrected chi connectivity index (χ0v) is 7.96. The number of nitrogens with one attached hydrogen (secondary N) is 1. The molecular formula is C11H17NO. The molecule has 72 valence electrons. The maximum Gasteiger partial charge on any atom is 0.243 e. The molecule has 2 nitrogen and oxygen atoms in total. The normalized spacial score (nSPS) is 30.2. The van der Waals surface area contributed by atoms with Gasteiger partial charge in [-0.25, -0.2) is 0 Å². The molecule has 1 aliphatic heterocycles. The molecule has 2 rings (SSSR count). The van der Waals surface area contributed by atoms with E-state index in [1.807, 2.05) is 6.08 Å². The Morgan fingerprint density at radius 1 is 1.23 bits per heavy atom. The summed E-state index contributed by atoms with van der Waals surface area (Å²) in [5.74, 6) is 0.837. The quantitative estimate of drug-likeness (QED) is 0.655. The molecule has 2 aliphatic rings. The van der Waals surface area contributed by atoms with E-state index >= 15 is 0 Å². The summed E-state index contributed by atoms with van der Waals surface area (Å²) in [5.41, 5.74) is 0. The van der Waals surface area contributed by atoms with Crippen molar-refractivity contribution in [2.75, 3.05) is 0 Å². The van der Waals surface area contributed by atoms with Crippen LogP contribution in [-0.2, 0) is 4.79 Å². The minimum Gasteiger partial charge on any atom is -0.349 e. The van der Waals surface area contributed by atoms with Gasteiger partial charge in [0.25, 0.3) is 0 Å². The Hall–Kier alpha value is -0.790. The molecule has 13 heavy (non-hydrogen) atoms. The number of carbonyl (C=O) groups excluding carboxylic acids is 1. The molecule has 0 saturated heterocycles. The third-order valence-electron chi connectivity index (χ3n) is 3.21. The van der Waals surface area contributed by atoms with E-state index in [2.05, 4.69) is 5.32 Å². The van der Waals surface area contributed by atoms with E-state index in [1.54, 1.807) is 6.08 Å². The second kappa shape index (κ2) is 3.95. The third kappa shape index (κ3) is 2.11. The number of hydrogen-bond acceptors (Lipinski definition) is 1. The Bertz CT molecular complexity index is 216. The number of carbonyl (C=O) groups is 1. The lowest BCUT2D eigenvalue weighted by Crippen LogP contribution is -2.42. The van der Waals surface area contributed by atoms with Gasteiger partial charge in [-0.1, -0.05) is 25.3 Å². The fourth-order valence-electron chi connectivity index (χ4n) is 2.46. The van der Waals surface area contributed by atoms with Crippen molar-refractivity contribution >= 4 is 5.91 Å². The van der Waals surface area contributed by atoms with Gasteiger partial charge in [0.15, 0.2) is 0 Å². The van der Waals surface area contributed by atoms with Crippen LogP contribution in [0.25, 0.3) is 0 Å². The summed E-state index contributed by atoms with van der Waals surface area (Å²) < 4.78 is 0. The SMILES string of the molecule is O=C1C=CCC(C2CCCCC2)N1. The van der Waals surface area contributed by atoms with Crippen LogP contribution in [0.5, 0.6) is 0 Å². The highest BCUT2D eigenvalue weighted by molar-refractivity contribution is 5.88. The van der Waals surface area contributed by atoms with Crippen molar-refractivity contribution < 1.29 is 4.79 Å². The summed E-state index contributed by atoms with van der Waals surface area (Å²) in [6.45, 7) is 0. The Morgan fingerprint density at radius 2 is 2.00 bits per heavy atom. The first-order chi connectivity index (χ1) is 6.36. The summed E-state index contributed by atoms with van der Waals surface area (Å²) in [7, 11) is 0. The molecule has 0 spiro atoms. The Balaban J connectivity index is 1.92. The minimum absolute atomic E-state index is 0.0989. The molecule has 0 aromatic carbocycles. The van der Waals surface area contributed by atoms with E-state index in [-0.39, 0.29) is 5.91 Å². The van der Waals surface area contributed by atoms with Gasteiger partial charge in [0.05, 0.1) is 0 Å². The predicted molar refractivity (Wildman–Crippen MR) is 52.3 cm³/mol. The van der Waals surface area contributed by atoms with Crippen LogP contribution < -0.4 is 5.32 Å². The van der Waals surface area contributed by atoms with Crippen LogP contribution in [0.2, 0.25) is 0 Å². The van der Waals surface area contributed by atoms with Gasteiger partial charge in [-0.3, -0.25) is 4.79 Å². The zero-order chi connectivity index (χ0) is 9.10. The Morgan fingerprint density at radius 3 is 2.69 bits per heavy atom. The highest BCUT2D eigenvalue weighted by atomic mass is 16.1. The van der Waals surface area contributed by atoms with Crippen molar-refractivity contribution in [1.29, 1.82) is 0 Å². The van der Waals surface area contributed by atoms with Crippen LogP contribution >= 0.6 is 0 Å². The average molecular weight is 179 g/mol. The first kappa shape index (κ1) is 8.79. The highest BCUT2D eigenvalue weighted by Crippen LogP contribution is 2.28. The third-order valence-corrected chi connectivity index (χ3v) is 3.21. The molecule has 0 radical (unpaired) electrons. The van der Waals surface area contributed by atoms with Crippen LogP contribution in [0.1, 0.15) is 38.5 Å². The topological polar surface area (TPSA) is 29.1 Å². The molecule has 1 N–H and O–H groups in total. The van der Waals surface area contributed by atoms with Gasteiger partial charge in [0.2, 0.25) is 5.91 Å². The van der Waals surface area contributed by atoms with E-state index in [9.17, 15) is 4.79 Å². The maximum atomic E-state index is 11.1. The fraction of sp³-hybridized carbons (Fsp3) is 0.727. The smallest absolute Gasteiger partial charge is 0.243 e. The van der Waals surface area contributed by atoms with Gasteiger partial charge in [-0.2, -0.15) is 0 Å². The molecule has 1 amide bonds. The van der Waals surface area contributed by atoms with Crippen LogP contribution in [0.15, 0.2) is 12.2 Å².